The van der Waals surface area contributed by atoms with Gasteiger partial charge in [-0.15, -0.1) is 0 Å². The number of hydrogen-bond donors (Lipinski definition) is 1. The number of fused-ring (bicyclic) bond motifs is 1. The first kappa shape index (κ1) is 19.3. The zero-order valence-electron chi connectivity index (χ0n) is 15.2. The lowest BCUT2D eigenvalue weighted by atomic mass is 10.0. The number of carbonyl (C=O) groups is 2. The highest BCUT2D eigenvalue weighted by Crippen LogP contribution is 2.23. The van der Waals surface area contributed by atoms with Gasteiger partial charge in [0.15, 0.2) is 17.4 Å². The van der Waals surface area contributed by atoms with E-state index in [4.69, 9.17) is 0 Å². The summed E-state index contributed by atoms with van der Waals surface area (Å²) in [5, 5.41) is 2.34. The molecule has 0 aliphatic rings. The minimum absolute atomic E-state index is 0.0132. The second-order valence-electron chi connectivity index (χ2n) is 6.37. The molecular weight excluding hydrogens is 395 g/mol. The molecule has 0 saturated heterocycles. The van der Waals surface area contributed by atoms with Crippen molar-refractivity contribution >= 4 is 28.4 Å². The van der Waals surface area contributed by atoms with Gasteiger partial charge in [0.1, 0.15) is 5.82 Å². The van der Waals surface area contributed by atoms with Crippen molar-refractivity contribution in [2.75, 3.05) is 5.32 Å². The average molecular weight is 407 g/mol. The molecule has 0 aliphatic heterocycles. The normalized spacial score (nSPS) is 10.8. The Hall–Kier alpha value is -4.07. The lowest BCUT2D eigenvalue weighted by Crippen LogP contribution is -2.14. The summed E-state index contributed by atoms with van der Waals surface area (Å²) >= 11 is 0. The number of carbonyl (C=O) groups excluding carboxylic acids is 2. The lowest BCUT2D eigenvalue weighted by molar-refractivity contribution is 0.101. The van der Waals surface area contributed by atoms with Crippen LogP contribution in [0, 0.1) is 17.5 Å². The van der Waals surface area contributed by atoms with Gasteiger partial charge in [0.05, 0.1) is 16.6 Å². The molecule has 0 aliphatic carbocycles. The maximum absolute atomic E-state index is 14.4. The minimum Gasteiger partial charge on any atom is -0.322 e. The average Bonchev–Trinajstić information content (AvgIpc) is 2.75. The lowest BCUT2D eigenvalue weighted by Gasteiger charge is -2.10. The van der Waals surface area contributed by atoms with Crippen LogP contribution < -0.4 is 5.32 Å². The molecule has 5 nitrogen and oxygen atoms in total. The fraction of sp³-hybridized carbons (Fsp3) is 0. The summed E-state index contributed by atoms with van der Waals surface area (Å²) in [5.74, 6) is -4.80. The van der Waals surface area contributed by atoms with Crippen molar-refractivity contribution in [3.8, 4) is 0 Å². The number of ketones is 1. The van der Waals surface area contributed by atoms with Gasteiger partial charge in [-0.2, -0.15) is 0 Å². The third-order valence-electron chi connectivity index (χ3n) is 4.35. The number of nitrogens with zero attached hydrogens (tertiary/aromatic N) is 2. The van der Waals surface area contributed by atoms with E-state index in [-0.39, 0.29) is 16.8 Å². The second kappa shape index (κ2) is 7.75. The number of aromatic nitrogens is 2. The number of anilines is 1. The molecule has 0 spiro atoms. The van der Waals surface area contributed by atoms with Crippen LogP contribution in [0.3, 0.4) is 0 Å². The van der Waals surface area contributed by atoms with Crippen molar-refractivity contribution in [2.24, 2.45) is 0 Å². The van der Waals surface area contributed by atoms with E-state index >= 15 is 0 Å². The van der Waals surface area contributed by atoms with Crippen molar-refractivity contribution in [3.63, 3.8) is 0 Å². The Labute approximate surface area is 168 Å². The summed E-state index contributed by atoms with van der Waals surface area (Å²) in [6.45, 7) is 0. The van der Waals surface area contributed by atoms with E-state index in [0.29, 0.717) is 11.0 Å². The number of benzene rings is 3. The molecule has 3 aromatic carbocycles. The van der Waals surface area contributed by atoms with Crippen molar-refractivity contribution in [2.45, 2.75) is 0 Å². The summed E-state index contributed by atoms with van der Waals surface area (Å²) in [4.78, 5) is 33.2. The SMILES string of the molecule is O=C(Nc1cc(F)c(F)c(C(=O)c2ccc3nccnc3c2)c1)c1cccc(F)c1. The first-order valence-corrected chi connectivity index (χ1v) is 8.74. The summed E-state index contributed by atoms with van der Waals surface area (Å²) in [6, 6.07) is 11.0. The Balaban J connectivity index is 1.68. The fourth-order valence-electron chi connectivity index (χ4n) is 2.92. The highest BCUT2D eigenvalue weighted by Gasteiger charge is 2.20. The Bertz CT molecular complexity index is 1310. The second-order valence-corrected chi connectivity index (χ2v) is 6.37. The van der Waals surface area contributed by atoms with E-state index in [0.717, 1.165) is 18.2 Å². The predicted molar refractivity (Wildman–Crippen MR) is 104 cm³/mol. The standard InChI is InChI=1S/C22H12F3N3O2/c23-14-3-1-2-13(8-14)22(30)28-15-10-16(20(25)17(24)11-15)21(29)12-4-5-18-19(9-12)27-7-6-26-18/h1-11H,(H,28,30). The number of nitrogens with one attached hydrogen (secondary N) is 1. The van der Waals surface area contributed by atoms with Crippen molar-refractivity contribution in [1.82, 2.24) is 9.97 Å². The van der Waals surface area contributed by atoms with Crippen LogP contribution in [0.2, 0.25) is 0 Å². The molecule has 0 saturated carbocycles. The number of hydrogen-bond acceptors (Lipinski definition) is 4. The van der Waals surface area contributed by atoms with E-state index in [1.54, 1.807) is 6.07 Å². The first-order valence-electron chi connectivity index (χ1n) is 8.74. The molecule has 148 valence electrons. The van der Waals surface area contributed by atoms with Crippen molar-refractivity contribution < 1.29 is 22.8 Å². The molecule has 0 bridgehead atoms. The molecule has 0 fully saturated rings. The van der Waals surface area contributed by atoms with Gasteiger partial charge in [-0.1, -0.05) is 6.07 Å². The van der Waals surface area contributed by atoms with E-state index in [2.05, 4.69) is 15.3 Å². The molecule has 4 aromatic rings. The van der Waals surface area contributed by atoms with Crippen LogP contribution in [0.25, 0.3) is 11.0 Å². The third kappa shape index (κ3) is 3.75. The third-order valence-corrected chi connectivity index (χ3v) is 4.35. The van der Waals surface area contributed by atoms with Crippen LogP contribution in [0.4, 0.5) is 18.9 Å². The zero-order valence-corrected chi connectivity index (χ0v) is 15.2. The van der Waals surface area contributed by atoms with Gasteiger partial charge in [-0.25, -0.2) is 13.2 Å². The maximum Gasteiger partial charge on any atom is 0.255 e. The van der Waals surface area contributed by atoms with E-state index < -0.39 is 34.7 Å². The molecule has 1 aromatic heterocycles. The summed E-state index contributed by atoms with van der Waals surface area (Å²) in [6.07, 6.45) is 2.93. The van der Waals surface area contributed by atoms with Crippen LogP contribution in [0.5, 0.6) is 0 Å². The van der Waals surface area contributed by atoms with Crippen LogP contribution >= 0.6 is 0 Å². The molecule has 0 unspecified atom stereocenters. The molecule has 30 heavy (non-hydrogen) atoms. The van der Waals surface area contributed by atoms with Gasteiger partial charge >= 0.3 is 0 Å². The first-order chi connectivity index (χ1) is 14.4. The van der Waals surface area contributed by atoms with Crippen LogP contribution in [-0.4, -0.2) is 21.7 Å². The molecule has 1 amide bonds. The smallest absolute Gasteiger partial charge is 0.255 e. The van der Waals surface area contributed by atoms with Gasteiger partial charge < -0.3 is 5.32 Å². The topological polar surface area (TPSA) is 72.0 Å². The Kier molecular flexibility index (Phi) is 4.97. The van der Waals surface area contributed by atoms with E-state index in [9.17, 15) is 22.8 Å². The highest BCUT2D eigenvalue weighted by molar-refractivity contribution is 6.11. The molecule has 0 atom stereocenters. The number of halogens is 3. The van der Waals surface area contributed by atoms with Gasteiger partial charge in [0.2, 0.25) is 0 Å². The zero-order chi connectivity index (χ0) is 21.3. The molecule has 8 heteroatoms. The van der Waals surface area contributed by atoms with Gasteiger partial charge in [0, 0.05) is 35.3 Å². The minimum atomic E-state index is -1.34. The van der Waals surface area contributed by atoms with E-state index in [1.165, 1.54) is 42.7 Å². The molecule has 4 rings (SSSR count). The summed E-state index contributed by atoms with van der Waals surface area (Å²) in [7, 11) is 0. The maximum atomic E-state index is 14.4. The van der Waals surface area contributed by atoms with Crippen LogP contribution in [0.1, 0.15) is 26.3 Å². The predicted octanol–water partition coefficient (Wildman–Crippen LogP) is 4.53. The quantitative estimate of drug-likeness (QED) is 0.505. The Morgan fingerprint density at radius 1 is 0.800 bits per heavy atom. The molecule has 1 heterocycles. The van der Waals surface area contributed by atoms with Gasteiger partial charge in [-0.05, 0) is 42.5 Å². The van der Waals surface area contributed by atoms with Crippen LogP contribution in [0.15, 0.2) is 67.0 Å². The van der Waals surface area contributed by atoms with Crippen molar-refractivity contribution in [3.05, 3.63) is 101 Å². The number of rotatable bonds is 4. The Morgan fingerprint density at radius 2 is 1.57 bits per heavy atom. The fourth-order valence-corrected chi connectivity index (χ4v) is 2.92. The van der Waals surface area contributed by atoms with Gasteiger partial charge in [-0.3, -0.25) is 19.6 Å². The molecular formula is C22H12F3N3O2. The highest BCUT2D eigenvalue weighted by atomic mass is 19.2. The molecule has 1 N–H and O–H groups in total. The summed E-state index contributed by atoms with van der Waals surface area (Å²) in [5.41, 5.74) is 0.312. The van der Waals surface area contributed by atoms with E-state index in [1.807, 2.05) is 0 Å². The summed E-state index contributed by atoms with van der Waals surface area (Å²) < 4.78 is 41.8. The largest absolute Gasteiger partial charge is 0.322 e. The molecule has 0 radical (unpaired) electrons. The number of amides is 1. The van der Waals surface area contributed by atoms with Crippen molar-refractivity contribution in [1.29, 1.82) is 0 Å². The van der Waals surface area contributed by atoms with Crippen LogP contribution in [-0.2, 0) is 0 Å². The van der Waals surface area contributed by atoms with Gasteiger partial charge in [0.25, 0.3) is 5.91 Å². The Morgan fingerprint density at radius 3 is 2.33 bits per heavy atom. The monoisotopic (exact) mass is 407 g/mol.